The molecule has 0 saturated carbocycles. The Morgan fingerprint density at radius 3 is 2.61 bits per heavy atom. The van der Waals surface area contributed by atoms with E-state index in [0.717, 1.165) is 41.5 Å². The normalized spacial score (nSPS) is 13.2. The predicted molar refractivity (Wildman–Crippen MR) is 121 cm³/mol. The number of aromatic amines is 1. The molecule has 0 bridgehead atoms. The maximum Gasteiger partial charge on any atom is 0.259 e. The molecular formula is C24H22N4O2S. The van der Waals surface area contributed by atoms with E-state index in [0.29, 0.717) is 17.9 Å². The number of nitrogens with one attached hydrogen (secondary N) is 1. The van der Waals surface area contributed by atoms with Gasteiger partial charge in [0.2, 0.25) is 0 Å². The van der Waals surface area contributed by atoms with Gasteiger partial charge in [0, 0.05) is 29.4 Å². The van der Waals surface area contributed by atoms with Crippen LogP contribution in [-0.2, 0) is 25.9 Å². The monoisotopic (exact) mass is 430 g/mol. The summed E-state index contributed by atoms with van der Waals surface area (Å²) in [7, 11) is 0. The first-order valence-corrected chi connectivity index (χ1v) is 11.3. The Hall–Kier alpha value is -3.32. The summed E-state index contributed by atoms with van der Waals surface area (Å²) in [6.07, 6.45) is 7.46. The van der Waals surface area contributed by atoms with Gasteiger partial charge in [0.15, 0.2) is 0 Å². The van der Waals surface area contributed by atoms with Crippen LogP contribution in [0.4, 0.5) is 0 Å². The van der Waals surface area contributed by atoms with Gasteiger partial charge in [-0.15, -0.1) is 11.3 Å². The first-order chi connectivity index (χ1) is 15.2. The number of carbonyl (C=O) groups is 1. The lowest BCUT2D eigenvalue weighted by Gasteiger charge is -2.22. The summed E-state index contributed by atoms with van der Waals surface area (Å²) in [6, 6.07) is 13.2. The average Bonchev–Trinajstić information content (AvgIpc) is 3.18. The lowest BCUT2D eigenvalue weighted by Crippen LogP contribution is -2.31. The van der Waals surface area contributed by atoms with E-state index in [1.807, 2.05) is 30.3 Å². The molecule has 31 heavy (non-hydrogen) atoms. The molecule has 0 aliphatic heterocycles. The number of amides is 1. The Morgan fingerprint density at radius 2 is 1.81 bits per heavy atom. The zero-order chi connectivity index (χ0) is 21.2. The van der Waals surface area contributed by atoms with Crippen LogP contribution < -0.4 is 5.56 Å². The highest BCUT2D eigenvalue weighted by Crippen LogP contribution is 2.33. The predicted octanol–water partition coefficient (Wildman–Crippen LogP) is 4.10. The number of hydrogen-bond acceptors (Lipinski definition) is 5. The van der Waals surface area contributed by atoms with Gasteiger partial charge >= 0.3 is 0 Å². The number of thiophene rings is 1. The molecule has 0 radical (unpaired) electrons. The number of aryl methyl sites for hydroxylation is 2. The zero-order valence-electron chi connectivity index (χ0n) is 17.0. The van der Waals surface area contributed by atoms with Gasteiger partial charge in [-0.2, -0.15) is 0 Å². The van der Waals surface area contributed by atoms with Crippen molar-refractivity contribution in [3.8, 4) is 0 Å². The zero-order valence-corrected chi connectivity index (χ0v) is 17.8. The fourth-order valence-electron chi connectivity index (χ4n) is 4.14. The van der Waals surface area contributed by atoms with E-state index in [-0.39, 0.29) is 18.0 Å². The van der Waals surface area contributed by atoms with Gasteiger partial charge in [-0.05, 0) is 48.9 Å². The molecule has 0 fully saturated rings. The van der Waals surface area contributed by atoms with Gasteiger partial charge in [0.1, 0.15) is 10.7 Å². The summed E-state index contributed by atoms with van der Waals surface area (Å²) >= 11 is 1.62. The largest absolute Gasteiger partial charge is 0.327 e. The maximum absolute atomic E-state index is 13.2. The molecule has 1 amide bonds. The smallest absolute Gasteiger partial charge is 0.259 e. The second-order valence-electron chi connectivity index (χ2n) is 7.79. The molecule has 0 unspecified atom stereocenters. The van der Waals surface area contributed by atoms with Crippen LogP contribution in [0.25, 0.3) is 10.2 Å². The van der Waals surface area contributed by atoms with Gasteiger partial charge in [0.05, 0.1) is 11.9 Å². The minimum absolute atomic E-state index is 0.101. The lowest BCUT2D eigenvalue weighted by molar-refractivity contribution is 0.0725. The first kappa shape index (κ1) is 19.6. The molecule has 0 spiro atoms. The average molecular weight is 431 g/mol. The number of benzene rings is 1. The SMILES string of the molecule is O=C(c1ccncc1)N(Cc1ccccc1)Cc1nc2sc3c(c2c(=O)[nH]1)CCCC3. The van der Waals surface area contributed by atoms with Gasteiger partial charge in [-0.25, -0.2) is 4.98 Å². The van der Waals surface area contributed by atoms with Crippen molar-refractivity contribution >= 4 is 27.5 Å². The molecule has 7 heteroatoms. The molecule has 1 aromatic carbocycles. The summed E-state index contributed by atoms with van der Waals surface area (Å²) in [4.78, 5) is 41.6. The third kappa shape index (κ3) is 4.01. The van der Waals surface area contributed by atoms with Crippen LogP contribution >= 0.6 is 11.3 Å². The van der Waals surface area contributed by atoms with Crippen molar-refractivity contribution in [1.29, 1.82) is 0 Å². The number of pyridine rings is 1. The Morgan fingerprint density at radius 1 is 1.03 bits per heavy atom. The Labute approximate surface area is 183 Å². The van der Waals surface area contributed by atoms with Crippen molar-refractivity contribution in [2.45, 2.75) is 38.8 Å². The Kier molecular flexibility index (Phi) is 5.34. The van der Waals surface area contributed by atoms with E-state index in [2.05, 4.69) is 9.97 Å². The number of fused-ring (bicyclic) bond motifs is 3. The van der Waals surface area contributed by atoms with Crippen molar-refractivity contribution < 1.29 is 4.79 Å². The van der Waals surface area contributed by atoms with Crippen molar-refractivity contribution in [3.63, 3.8) is 0 Å². The van der Waals surface area contributed by atoms with Crippen LogP contribution in [0.5, 0.6) is 0 Å². The number of aromatic nitrogens is 3. The molecule has 1 aliphatic carbocycles. The van der Waals surface area contributed by atoms with E-state index in [4.69, 9.17) is 4.98 Å². The molecule has 6 nitrogen and oxygen atoms in total. The molecule has 1 aliphatic rings. The lowest BCUT2D eigenvalue weighted by atomic mass is 9.97. The Bertz CT molecular complexity index is 1280. The third-order valence-electron chi connectivity index (χ3n) is 5.65. The molecule has 1 N–H and O–H groups in total. The summed E-state index contributed by atoms with van der Waals surface area (Å²) in [5.74, 6) is 0.383. The number of nitrogens with zero attached hydrogens (tertiary/aromatic N) is 3. The van der Waals surface area contributed by atoms with Gasteiger partial charge < -0.3 is 9.88 Å². The summed E-state index contributed by atoms with van der Waals surface area (Å²) in [6.45, 7) is 0.647. The van der Waals surface area contributed by atoms with Gasteiger partial charge in [0.25, 0.3) is 11.5 Å². The summed E-state index contributed by atoms with van der Waals surface area (Å²) < 4.78 is 0. The highest BCUT2D eigenvalue weighted by molar-refractivity contribution is 7.18. The van der Waals surface area contributed by atoms with Crippen LogP contribution in [0.3, 0.4) is 0 Å². The fourth-order valence-corrected chi connectivity index (χ4v) is 5.43. The van der Waals surface area contributed by atoms with Gasteiger partial charge in [-0.1, -0.05) is 30.3 Å². The van der Waals surface area contributed by atoms with E-state index in [9.17, 15) is 9.59 Å². The molecule has 4 aromatic rings. The second kappa shape index (κ2) is 8.43. The first-order valence-electron chi connectivity index (χ1n) is 10.5. The molecule has 3 aromatic heterocycles. The van der Waals surface area contributed by atoms with Crippen molar-refractivity contribution in [1.82, 2.24) is 19.9 Å². The molecule has 3 heterocycles. The highest BCUT2D eigenvalue weighted by Gasteiger charge is 2.22. The quantitative estimate of drug-likeness (QED) is 0.517. The van der Waals surface area contributed by atoms with Crippen LogP contribution in [0.1, 0.15) is 45.0 Å². The maximum atomic E-state index is 13.2. The molecule has 0 atom stereocenters. The number of rotatable bonds is 5. The molecule has 0 saturated heterocycles. The van der Waals surface area contributed by atoms with Crippen LogP contribution in [0, 0.1) is 0 Å². The molecular weight excluding hydrogens is 408 g/mol. The van der Waals surface area contributed by atoms with Crippen LogP contribution in [-0.4, -0.2) is 25.8 Å². The molecule has 156 valence electrons. The Balaban J connectivity index is 1.50. The van der Waals surface area contributed by atoms with Crippen molar-refractivity contribution in [3.05, 3.63) is 92.6 Å². The number of H-pyrrole nitrogens is 1. The van der Waals surface area contributed by atoms with E-state index >= 15 is 0 Å². The summed E-state index contributed by atoms with van der Waals surface area (Å²) in [5.41, 5.74) is 2.64. The van der Waals surface area contributed by atoms with E-state index in [1.165, 1.54) is 10.4 Å². The van der Waals surface area contributed by atoms with Crippen molar-refractivity contribution in [2.24, 2.45) is 0 Å². The second-order valence-corrected chi connectivity index (χ2v) is 8.87. The van der Waals surface area contributed by atoms with Crippen LogP contribution in [0.15, 0.2) is 59.7 Å². The van der Waals surface area contributed by atoms with Crippen LogP contribution in [0.2, 0.25) is 0 Å². The van der Waals surface area contributed by atoms with E-state index in [1.54, 1.807) is 40.8 Å². The minimum Gasteiger partial charge on any atom is -0.327 e. The number of hydrogen-bond donors (Lipinski definition) is 1. The highest BCUT2D eigenvalue weighted by atomic mass is 32.1. The van der Waals surface area contributed by atoms with Crippen molar-refractivity contribution in [2.75, 3.05) is 0 Å². The van der Waals surface area contributed by atoms with Gasteiger partial charge in [-0.3, -0.25) is 14.6 Å². The minimum atomic E-state index is -0.125. The fraction of sp³-hybridized carbons (Fsp3) is 0.250. The molecule has 5 rings (SSSR count). The number of carbonyl (C=O) groups excluding carboxylic acids is 1. The topological polar surface area (TPSA) is 79.0 Å². The third-order valence-corrected chi connectivity index (χ3v) is 6.83. The summed E-state index contributed by atoms with van der Waals surface area (Å²) in [5, 5.41) is 0.735. The standard InChI is InChI=1S/C24H22N4O2S/c29-22-21-18-8-4-5-9-19(18)31-23(21)27-20(26-22)15-28(14-16-6-2-1-3-7-16)24(30)17-10-12-25-13-11-17/h1-3,6-7,10-13H,4-5,8-9,14-15H2,(H,26,27,29). The van der Waals surface area contributed by atoms with E-state index < -0.39 is 0 Å².